The molecule has 2 rings (SSSR count). The highest BCUT2D eigenvalue weighted by Crippen LogP contribution is 2.24. The van der Waals surface area contributed by atoms with Crippen molar-refractivity contribution >= 4 is 10.0 Å². The predicted molar refractivity (Wildman–Crippen MR) is 76.6 cm³/mol. The van der Waals surface area contributed by atoms with Gasteiger partial charge in [-0.1, -0.05) is 25.1 Å². The number of nitrogens with zero attached hydrogens (tertiary/aromatic N) is 1. The molecule has 1 saturated heterocycles. The van der Waals surface area contributed by atoms with Crippen molar-refractivity contribution in [3.8, 4) is 0 Å². The minimum atomic E-state index is -3.38. The summed E-state index contributed by atoms with van der Waals surface area (Å²) in [4.78, 5) is 0.440. The fourth-order valence-corrected chi connectivity index (χ4v) is 4.61. The average molecular weight is 282 g/mol. The third-order valence-corrected chi connectivity index (χ3v) is 5.90. The van der Waals surface area contributed by atoms with Crippen molar-refractivity contribution in [2.45, 2.75) is 37.6 Å². The summed E-state index contributed by atoms with van der Waals surface area (Å²) in [7, 11) is -3.38. The van der Waals surface area contributed by atoms with Gasteiger partial charge in [-0.2, -0.15) is 4.31 Å². The van der Waals surface area contributed by atoms with Crippen LogP contribution in [0.1, 0.15) is 25.3 Å². The molecule has 0 aromatic heterocycles. The number of nitrogens with one attached hydrogen (secondary N) is 1. The van der Waals surface area contributed by atoms with Gasteiger partial charge in [0.15, 0.2) is 0 Å². The molecule has 19 heavy (non-hydrogen) atoms. The second-order valence-electron chi connectivity index (χ2n) is 4.96. The number of rotatable bonds is 4. The first-order valence-electron chi connectivity index (χ1n) is 6.85. The summed E-state index contributed by atoms with van der Waals surface area (Å²) in [5, 5.41) is 3.27. The zero-order valence-electron chi connectivity index (χ0n) is 11.6. The van der Waals surface area contributed by atoms with E-state index in [9.17, 15) is 8.42 Å². The van der Waals surface area contributed by atoms with Crippen molar-refractivity contribution in [3.05, 3.63) is 29.8 Å². The number of piperidine rings is 1. The average Bonchev–Trinajstić information content (AvgIpc) is 2.40. The third-order valence-electron chi connectivity index (χ3n) is 3.71. The number of sulfonamides is 1. The Bertz CT molecular complexity index is 522. The molecular weight excluding hydrogens is 260 g/mol. The van der Waals surface area contributed by atoms with E-state index in [1.54, 1.807) is 16.4 Å². The Labute approximate surface area is 115 Å². The lowest BCUT2D eigenvalue weighted by atomic mass is 10.1. The molecule has 1 heterocycles. The molecule has 4 nitrogen and oxygen atoms in total. The van der Waals surface area contributed by atoms with Crippen LogP contribution in [-0.4, -0.2) is 38.4 Å². The van der Waals surface area contributed by atoms with Gasteiger partial charge in [-0.3, -0.25) is 0 Å². The third kappa shape index (κ3) is 2.99. The molecule has 1 aliphatic rings. The topological polar surface area (TPSA) is 49.4 Å². The van der Waals surface area contributed by atoms with Crippen molar-refractivity contribution in [1.29, 1.82) is 0 Å². The quantitative estimate of drug-likeness (QED) is 0.915. The Balaban J connectivity index is 2.33. The second kappa shape index (κ2) is 6.03. The molecule has 1 fully saturated rings. The molecule has 0 radical (unpaired) electrons. The highest BCUT2D eigenvalue weighted by Gasteiger charge is 2.31. The zero-order valence-corrected chi connectivity index (χ0v) is 12.4. The van der Waals surface area contributed by atoms with E-state index in [4.69, 9.17) is 0 Å². The summed E-state index contributed by atoms with van der Waals surface area (Å²) < 4.78 is 27.2. The lowest BCUT2D eigenvalue weighted by Gasteiger charge is -2.33. The van der Waals surface area contributed by atoms with Gasteiger partial charge in [-0.05, 0) is 44.5 Å². The smallest absolute Gasteiger partial charge is 0.243 e. The lowest BCUT2D eigenvalue weighted by molar-refractivity contribution is 0.270. The van der Waals surface area contributed by atoms with E-state index >= 15 is 0 Å². The van der Waals surface area contributed by atoms with Crippen LogP contribution in [0.5, 0.6) is 0 Å². The summed E-state index contributed by atoms with van der Waals surface area (Å²) >= 11 is 0. The van der Waals surface area contributed by atoms with Crippen molar-refractivity contribution in [3.63, 3.8) is 0 Å². The van der Waals surface area contributed by atoms with Gasteiger partial charge in [-0.25, -0.2) is 8.42 Å². The van der Waals surface area contributed by atoms with Crippen LogP contribution in [0.2, 0.25) is 0 Å². The first-order valence-corrected chi connectivity index (χ1v) is 8.29. The largest absolute Gasteiger partial charge is 0.317 e. The molecule has 0 bridgehead atoms. The van der Waals surface area contributed by atoms with E-state index in [2.05, 4.69) is 5.32 Å². The fourth-order valence-electron chi connectivity index (χ4n) is 2.69. The maximum absolute atomic E-state index is 12.8. The molecule has 1 aromatic carbocycles. The zero-order chi connectivity index (χ0) is 13.9. The van der Waals surface area contributed by atoms with Crippen LogP contribution >= 0.6 is 0 Å². The van der Waals surface area contributed by atoms with Gasteiger partial charge in [0.05, 0.1) is 4.90 Å². The molecule has 1 N–H and O–H groups in total. The molecule has 5 heteroatoms. The van der Waals surface area contributed by atoms with Crippen LogP contribution in [0.4, 0.5) is 0 Å². The van der Waals surface area contributed by atoms with E-state index in [-0.39, 0.29) is 6.04 Å². The highest BCUT2D eigenvalue weighted by atomic mass is 32.2. The summed E-state index contributed by atoms with van der Waals surface area (Å²) in [6, 6.07) is 7.33. The Hall–Kier alpha value is -0.910. The van der Waals surface area contributed by atoms with Crippen molar-refractivity contribution < 1.29 is 8.42 Å². The van der Waals surface area contributed by atoms with Gasteiger partial charge in [0.1, 0.15) is 0 Å². The normalized spacial score (nSPS) is 17.8. The minimum Gasteiger partial charge on any atom is -0.317 e. The van der Waals surface area contributed by atoms with E-state index in [1.165, 1.54) is 0 Å². The molecule has 1 aromatic rings. The maximum Gasteiger partial charge on any atom is 0.243 e. The van der Waals surface area contributed by atoms with Crippen LogP contribution < -0.4 is 5.32 Å². The molecule has 106 valence electrons. The molecule has 1 aliphatic heterocycles. The maximum atomic E-state index is 12.8. The minimum absolute atomic E-state index is 0.121. The summed E-state index contributed by atoms with van der Waals surface area (Å²) in [5.74, 6) is 0. The van der Waals surface area contributed by atoms with Crippen LogP contribution in [0.15, 0.2) is 29.2 Å². The van der Waals surface area contributed by atoms with Crippen molar-refractivity contribution in [2.24, 2.45) is 0 Å². The van der Waals surface area contributed by atoms with Gasteiger partial charge in [0.2, 0.25) is 10.0 Å². The summed E-state index contributed by atoms with van der Waals surface area (Å²) in [6.07, 6.45) is 1.78. The standard InChI is InChI=1S/C14H22N2O2S/c1-3-16(13-8-10-15-11-9-13)19(17,18)14-7-5-4-6-12(14)2/h4-7,13,15H,3,8-11H2,1-2H3. The predicted octanol–water partition coefficient (Wildman–Crippen LogP) is 1.76. The van der Waals surface area contributed by atoms with Crippen molar-refractivity contribution in [2.75, 3.05) is 19.6 Å². The molecule has 0 saturated carbocycles. The number of hydrogen-bond donors (Lipinski definition) is 1. The van der Waals surface area contributed by atoms with Crippen LogP contribution in [-0.2, 0) is 10.0 Å². The fraction of sp³-hybridized carbons (Fsp3) is 0.571. The highest BCUT2D eigenvalue weighted by molar-refractivity contribution is 7.89. The molecule has 0 unspecified atom stereocenters. The van der Waals surface area contributed by atoms with Gasteiger partial charge in [-0.15, -0.1) is 0 Å². The molecule has 0 aliphatic carbocycles. The van der Waals surface area contributed by atoms with Gasteiger partial charge >= 0.3 is 0 Å². The Morgan fingerprint density at radius 2 is 1.89 bits per heavy atom. The van der Waals surface area contributed by atoms with Gasteiger partial charge in [0.25, 0.3) is 0 Å². The summed E-state index contributed by atoms with van der Waals surface area (Å²) in [5.41, 5.74) is 0.815. The van der Waals surface area contributed by atoms with E-state index < -0.39 is 10.0 Å². The lowest BCUT2D eigenvalue weighted by Crippen LogP contribution is -2.46. The van der Waals surface area contributed by atoms with Crippen LogP contribution in [0.3, 0.4) is 0 Å². The van der Waals surface area contributed by atoms with E-state index in [0.29, 0.717) is 11.4 Å². The number of hydrogen-bond acceptors (Lipinski definition) is 3. The van der Waals surface area contributed by atoms with Gasteiger partial charge < -0.3 is 5.32 Å². The molecule has 0 amide bonds. The summed E-state index contributed by atoms with van der Waals surface area (Å²) in [6.45, 7) is 6.08. The van der Waals surface area contributed by atoms with Crippen LogP contribution in [0, 0.1) is 6.92 Å². The van der Waals surface area contributed by atoms with Crippen LogP contribution in [0.25, 0.3) is 0 Å². The second-order valence-corrected chi connectivity index (χ2v) is 6.81. The van der Waals surface area contributed by atoms with Crippen molar-refractivity contribution in [1.82, 2.24) is 9.62 Å². The Morgan fingerprint density at radius 1 is 1.26 bits per heavy atom. The molecule has 0 atom stereocenters. The number of aryl methyl sites for hydroxylation is 1. The van der Waals surface area contributed by atoms with E-state index in [0.717, 1.165) is 31.5 Å². The van der Waals surface area contributed by atoms with Gasteiger partial charge in [0, 0.05) is 12.6 Å². The number of benzene rings is 1. The SMILES string of the molecule is CCN(C1CCNCC1)S(=O)(=O)c1ccccc1C. The monoisotopic (exact) mass is 282 g/mol. The molecule has 0 spiro atoms. The Morgan fingerprint density at radius 3 is 2.47 bits per heavy atom. The molecular formula is C14H22N2O2S. The Kier molecular flexibility index (Phi) is 4.60. The first kappa shape index (κ1) is 14.5. The van der Waals surface area contributed by atoms with E-state index in [1.807, 2.05) is 26.0 Å². The first-order chi connectivity index (χ1) is 9.07.